The average Bonchev–Trinajstić information content (AvgIpc) is 2.98. The Morgan fingerprint density at radius 2 is 1.67 bits per heavy atom. The van der Waals surface area contributed by atoms with E-state index in [0.717, 1.165) is 17.3 Å². The van der Waals surface area contributed by atoms with Crippen molar-refractivity contribution in [1.82, 2.24) is 0 Å². The number of nitrogens with zero attached hydrogens (tertiary/aromatic N) is 1. The molecular formula is C19H22BrNO4S2. The van der Waals surface area contributed by atoms with Crippen LogP contribution in [0.15, 0.2) is 35.0 Å². The van der Waals surface area contributed by atoms with Crippen molar-refractivity contribution in [3.8, 4) is 0 Å². The number of rotatable bonds is 4. The molecule has 5 rings (SSSR count). The van der Waals surface area contributed by atoms with Crippen LogP contribution < -0.4 is 17.0 Å². The van der Waals surface area contributed by atoms with Crippen molar-refractivity contribution in [1.29, 1.82) is 0 Å². The zero-order valence-corrected chi connectivity index (χ0v) is 18.3. The van der Waals surface area contributed by atoms with E-state index in [4.69, 9.17) is 9.47 Å². The minimum absolute atomic E-state index is 0. The number of hydrogen-bond acceptors (Lipinski definition) is 6. The first kappa shape index (κ1) is 19.5. The zero-order chi connectivity index (χ0) is 18.1. The number of hydrogen-bond donors (Lipinski definition) is 1. The molecule has 0 radical (unpaired) electrons. The van der Waals surface area contributed by atoms with Crippen LogP contribution in [0.25, 0.3) is 0 Å². The molecular weight excluding hydrogens is 450 g/mol. The van der Waals surface area contributed by atoms with Gasteiger partial charge in [-0.3, -0.25) is 0 Å². The highest BCUT2D eigenvalue weighted by Gasteiger charge is 2.71. The summed E-state index contributed by atoms with van der Waals surface area (Å²) in [6.07, 6.45) is 2.05. The molecule has 0 aliphatic carbocycles. The van der Waals surface area contributed by atoms with Gasteiger partial charge in [0, 0.05) is 12.8 Å². The predicted molar refractivity (Wildman–Crippen MR) is 99.1 cm³/mol. The van der Waals surface area contributed by atoms with Crippen LogP contribution in [0.4, 0.5) is 0 Å². The molecule has 3 aliphatic heterocycles. The number of likely N-dealkylation sites (N-methyl/N-ethyl adjacent to an activating group) is 1. The lowest BCUT2D eigenvalue weighted by molar-refractivity contribution is -0.938. The first-order valence-electron chi connectivity index (χ1n) is 8.92. The van der Waals surface area contributed by atoms with E-state index in [-0.39, 0.29) is 23.1 Å². The molecule has 146 valence electrons. The van der Waals surface area contributed by atoms with Crippen molar-refractivity contribution < 1.29 is 40.8 Å². The minimum atomic E-state index is -1.72. The summed E-state index contributed by atoms with van der Waals surface area (Å²) < 4.78 is 12.6. The fourth-order valence-electron chi connectivity index (χ4n) is 4.83. The number of epoxide rings is 1. The summed E-state index contributed by atoms with van der Waals surface area (Å²) in [7, 11) is 4.49. The summed E-state index contributed by atoms with van der Waals surface area (Å²) in [6.45, 7) is 0. The average molecular weight is 472 g/mol. The smallest absolute Gasteiger partial charge is 0.349 e. The molecule has 1 N–H and O–H groups in total. The molecule has 3 saturated heterocycles. The molecule has 8 heteroatoms. The topological polar surface area (TPSA) is 59.1 Å². The van der Waals surface area contributed by atoms with Gasteiger partial charge in [0.25, 0.3) is 0 Å². The summed E-state index contributed by atoms with van der Waals surface area (Å²) >= 11 is 2.74. The van der Waals surface area contributed by atoms with Gasteiger partial charge < -0.3 is 36.0 Å². The maximum Gasteiger partial charge on any atom is 0.349 e. The second-order valence-corrected chi connectivity index (χ2v) is 9.89. The number of ether oxygens (including phenoxy) is 2. The van der Waals surface area contributed by atoms with Crippen LogP contribution in [-0.2, 0) is 19.9 Å². The lowest BCUT2D eigenvalue weighted by Gasteiger charge is -2.45. The summed E-state index contributed by atoms with van der Waals surface area (Å²) in [6, 6.07) is 8.01. The van der Waals surface area contributed by atoms with Gasteiger partial charge >= 0.3 is 5.97 Å². The second-order valence-electron chi connectivity index (χ2n) is 7.99. The molecule has 2 aromatic rings. The molecule has 2 aromatic heterocycles. The number of aliphatic hydroxyl groups is 1. The first-order chi connectivity index (χ1) is 12.4. The van der Waals surface area contributed by atoms with E-state index in [1.165, 1.54) is 22.7 Å². The van der Waals surface area contributed by atoms with E-state index >= 15 is 0 Å². The Labute approximate surface area is 176 Å². The van der Waals surface area contributed by atoms with Crippen molar-refractivity contribution in [2.45, 2.75) is 48.8 Å². The van der Waals surface area contributed by atoms with Crippen molar-refractivity contribution in [3.05, 3.63) is 44.8 Å². The SMILES string of the molecule is C[N+]1(C)[C@@H]2CC(OC(=O)C(O)(c3cccs3)c3cccs3)C[C@H]1[C@H]1O[C@@H]12.[Br-]. The number of piperidine rings is 1. The number of fused-ring (bicyclic) bond motifs is 5. The molecule has 3 fully saturated rings. The van der Waals surface area contributed by atoms with Crippen LogP contribution in [-0.4, -0.2) is 60.0 Å². The summed E-state index contributed by atoms with van der Waals surface area (Å²) in [5, 5.41) is 15.1. The van der Waals surface area contributed by atoms with E-state index in [9.17, 15) is 9.90 Å². The van der Waals surface area contributed by atoms with E-state index in [0.29, 0.717) is 34.0 Å². The Morgan fingerprint density at radius 3 is 2.11 bits per heavy atom. The van der Waals surface area contributed by atoms with Gasteiger partial charge in [-0.25, -0.2) is 4.79 Å². The Balaban J connectivity index is 0.00000180. The summed E-state index contributed by atoms with van der Waals surface area (Å²) in [5.74, 6) is -0.561. The number of carbonyl (C=O) groups excluding carboxylic acids is 1. The zero-order valence-electron chi connectivity index (χ0n) is 15.1. The Kier molecular flexibility index (Phi) is 4.81. The van der Waals surface area contributed by atoms with E-state index in [1.807, 2.05) is 22.9 Å². The highest BCUT2D eigenvalue weighted by molar-refractivity contribution is 7.12. The number of halogens is 1. The van der Waals surface area contributed by atoms with Crippen LogP contribution >= 0.6 is 22.7 Å². The third-order valence-corrected chi connectivity index (χ3v) is 8.32. The molecule has 5 atom stereocenters. The standard InChI is InChI=1S/C19H22NO4S2.BrH/c1-20(2)12-9-11(10-13(20)17-16(12)24-17)23-18(21)19(22,14-5-3-7-25-14)15-6-4-8-26-15;/h3-8,11-13,16-17,22H,9-10H2,1-2H3;1H/q+1;/p-1/t11?,12-,13+,16-,17-;/m1./s1. The van der Waals surface area contributed by atoms with Gasteiger partial charge in [-0.2, -0.15) is 0 Å². The molecule has 1 unspecified atom stereocenters. The second kappa shape index (κ2) is 6.64. The number of esters is 1. The maximum atomic E-state index is 13.1. The quantitative estimate of drug-likeness (QED) is 0.365. The maximum absolute atomic E-state index is 13.1. The molecule has 27 heavy (non-hydrogen) atoms. The highest BCUT2D eigenvalue weighted by atomic mass is 79.9. The third kappa shape index (κ3) is 2.84. The molecule has 5 nitrogen and oxygen atoms in total. The molecule has 2 bridgehead atoms. The van der Waals surface area contributed by atoms with Gasteiger partial charge in [0.2, 0.25) is 5.60 Å². The van der Waals surface area contributed by atoms with Gasteiger partial charge in [0.1, 0.15) is 30.4 Å². The largest absolute Gasteiger partial charge is 1.00 e. The third-order valence-electron chi connectivity index (χ3n) is 6.36. The normalized spacial score (nSPS) is 33.1. The van der Waals surface area contributed by atoms with E-state index < -0.39 is 11.6 Å². The van der Waals surface area contributed by atoms with Crippen LogP contribution in [0.5, 0.6) is 0 Å². The fourth-order valence-corrected chi connectivity index (χ4v) is 6.54. The van der Waals surface area contributed by atoms with Gasteiger partial charge in [-0.15, -0.1) is 22.7 Å². The van der Waals surface area contributed by atoms with Crippen molar-refractivity contribution >= 4 is 28.6 Å². The molecule has 0 amide bonds. The molecule has 5 heterocycles. The number of thiophene rings is 2. The van der Waals surface area contributed by atoms with Crippen LogP contribution in [0.1, 0.15) is 22.6 Å². The Hall–Kier alpha value is -0.770. The fraction of sp³-hybridized carbons (Fsp3) is 0.526. The molecule has 0 saturated carbocycles. The first-order valence-corrected chi connectivity index (χ1v) is 10.7. The Morgan fingerprint density at radius 1 is 1.15 bits per heavy atom. The monoisotopic (exact) mass is 471 g/mol. The summed E-state index contributed by atoms with van der Waals surface area (Å²) in [4.78, 5) is 14.3. The molecule has 0 spiro atoms. The van der Waals surface area contributed by atoms with Gasteiger partial charge in [-0.05, 0) is 22.9 Å². The van der Waals surface area contributed by atoms with Crippen molar-refractivity contribution in [3.63, 3.8) is 0 Å². The van der Waals surface area contributed by atoms with Gasteiger partial charge in [0.05, 0.1) is 23.8 Å². The summed E-state index contributed by atoms with van der Waals surface area (Å²) in [5.41, 5.74) is -1.72. The predicted octanol–water partition coefficient (Wildman–Crippen LogP) is -0.650. The minimum Gasteiger partial charge on any atom is -1.00 e. The number of morpholine rings is 1. The van der Waals surface area contributed by atoms with Gasteiger partial charge in [0.15, 0.2) is 0 Å². The van der Waals surface area contributed by atoms with Crippen LogP contribution in [0, 0.1) is 0 Å². The number of carbonyl (C=O) groups is 1. The van der Waals surface area contributed by atoms with Crippen molar-refractivity contribution in [2.75, 3.05) is 14.1 Å². The van der Waals surface area contributed by atoms with Crippen LogP contribution in [0.3, 0.4) is 0 Å². The number of quaternary nitrogens is 1. The lowest BCUT2D eigenvalue weighted by Crippen LogP contribution is -3.00. The lowest BCUT2D eigenvalue weighted by atomic mass is 9.95. The Bertz CT molecular complexity index is 769. The molecule has 0 aromatic carbocycles. The van der Waals surface area contributed by atoms with E-state index in [1.54, 1.807) is 12.1 Å². The van der Waals surface area contributed by atoms with Crippen molar-refractivity contribution in [2.24, 2.45) is 0 Å². The highest BCUT2D eigenvalue weighted by Crippen LogP contribution is 2.52. The molecule has 3 aliphatic rings. The van der Waals surface area contributed by atoms with E-state index in [2.05, 4.69) is 14.1 Å². The van der Waals surface area contributed by atoms with Gasteiger partial charge in [-0.1, -0.05) is 12.1 Å². The van der Waals surface area contributed by atoms with Crippen LogP contribution in [0.2, 0.25) is 0 Å².